The second kappa shape index (κ2) is 9.38. The van der Waals surface area contributed by atoms with Crippen LogP contribution in [0.4, 0.5) is 15.8 Å². The Morgan fingerprint density at radius 2 is 1.77 bits per heavy atom. The van der Waals surface area contributed by atoms with Crippen molar-refractivity contribution in [2.45, 2.75) is 19.4 Å². The maximum atomic E-state index is 13.9. The van der Waals surface area contributed by atoms with Crippen LogP contribution in [0.1, 0.15) is 39.1 Å². The number of halogens is 1. The lowest BCUT2D eigenvalue weighted by atomic mass is 10.1. The molecule has 1 fully saturated rings. The van der Waals surface area contributed by atoms with Gasteiger partial charge in [0.05, 0.1) is 11.1 Å². The van der Waals surface area contributed by atoms with Crippen molar-refractivity contribution in [3.63, 3.8) is 0 Å². The monoisotopic (exact) mass is 418 g/mol. The van der Waals surface area contributed by atoms with Gasteiger partial charge in [0.2, 0.25) is 0 Å². The van der Waals surface area contributed by atoms with Gasteiger partial charge in [0.25, 0.3) is 11.8 Å². The Labute approximate surface area is 180 Å². The topological polar surface area (TPSA) is 74.3 Å². The van der Waals surface area contributed by atoms with E-state index in [9.17, 15) is 14.0 Å². The molecule has 6 nitrogen and oxygen atoms in total. The molecule has 2 aromatic carbocycles. The van der Waals surface area contributed by atoms with E-state index in [1.54, 1.807) is 30.6 Å². The summed E-state index contributed by atoms with van der Waals surface area (Å²) in [7, 11) is 0. The van der Waals surface area contributed by atoms with Crippen molar-refractivity contribution >= 4 is 23.2 Å². The van der Waals surface area contributed by atoms with Crippen molar-refractivity contribution in [3.8, 4) is 0 Å². The standard InChI is InChI=1S/C24H23FN4O2/c25-21-8-2-1-7-19(21)24(31)28-18-9-10-22(29-12-3-4-13-29)20(14-18)23(30)27-16-17-6-5-11-26-15-17/h1-2,5-11,14-15H,3-4,12-13,16H2,(H,27,30)(H,28,31). The number of pyridine rings is 1. The SMILES string of the molecule is O=C(Nc1ccc(N2CCCC2)c(C(=O)NCc2cccnc2)c1)c1ccccc1F. The quantitative estimate of drug-likeness (QED) is 0.635. The summed E-state index contributed by atoms with van der Waals surface area (Å²) in [4.78, 5) is 31.8. The Balaban J connectivity index is 1.57. The van der Waals surface area contributed by atoms with Gasteiger partial charge in [-0.3, -0.25) is 14.6 Å². The molecule has 3 aromatic rings. The molecule has 0 aliphatic carbocycles. The number of benzene rings is 2. The van der Waals surface area contributed by atoms with Gasteiger partial charge in [0.1, 0.15) is 5.82 Å². The van der Waals surface area contributed by atoms with E-state index in [4.69, 9.17) is 0 Å². The van der Waals surface area contributed by atoms with E-state index < -0.39 is 11.7 Å². The lowest BCUT2D eigenvalue weighted by Gasteiger charge is -2.22. The summed E-state index contributed by atoms with van der Waals surface area (Å²) in [6.07, 6.45) is 5.52. The van der Waals surface area contributed by atoms with E-state index in [1.807, 2.05) is 18.2 Å². The summed E-state index contributed by atoms with van der Waals surface area (Å²) in [6.45, 7) is 2.10. The van der Waals surface area contributed by atoms with Gasteiger partial charge in [0, 0.05) is 43.4 Å². The fourth-order valence-electron chi connectivity index (χ4n) is 3.65. The molecule has 1 aromatic heterocycles. The Morgan fingerprint density at radius 3 is 2.52 bits per heavy atom. The summed E-state index contributed by atoms with van der Waals surface area (Å²) in [5.74, 6) is -1.40. The first-order chi connectivity index (χ1) is 15.1. The van der Waals surface area contributed by atoms with Gasteiger partial charge in [-0.2, -0.15) is 0 Å². The van der Waals surface area contributed by atoms with Crippen molar-refractivity contribution in [2.75, 3.05) is 23.3 Å². The highest BCUT2D eigenvalue weighted by Crippen LogP contribution is 2.28. The second-order valence-corrected chi connectivity index (χ2v) is 7.40. The largest absolute Gasteiger partial charge is 0.371 e. The third kappa shape index (κ3) is 4.88. The summed E-state index contributed by atoms with van der Waals surface area (Å²) in [6, 6.07) is 14.7. The number of amides is 2. The van der Waals surface area contributed by atoms with E-state index in [2.05, 4.69) is 20.5 Å². The zero-order valence-corrected chi connectivity index (χ0v) is 17.0. The maximum Gasteiger partial charge on any atom is 0.258 e. The smallest absolute Gasteiger partial charge is 0.258 e. The van der Waals surface area contributed by atoms with Gasteiger partial charge < -0.3 is 15.5 Å². The highest BCUT2D eigenvalue weighted by atomic mass is 19.1. The number of hydrogen-bond donors (Lipinski definition) is 2. The molecule has 2 N–H and O–H groups in total. The molecule has 0 atom stereocenters. The van der Waals surface area contributed by atoms with Crippen LogP contribution in [0, 0.1) is 5.82 Å². The number of anilines is 2. The van der Waals surface area contributed by atoms with Crippen LogP contribution in [0.2, 0.25) is 0 Å². The van der Waals surface area contributed by atoms with Gasteiger partial charge >= 0.3 is 0 Å². The molecule has 0 unspecified atom stereocenters. The van der Waals surface area contributed by atoms with Crippen LogP contribution in [0.3, 0.4) is 0 Å². The summed E-state index contributed by atoms with van der Waals surface area (Å²) in [5, 5.41) is 5.62. The van der Waals surface area contributed by atoms with E-state index in [1.165, 1.54) is 18.2 Å². The zero-order valence-electron chi connectivity index (χ0n) is 17.0. The molecule has 4 rings (SSSR count). The molecule has 0 radical (unpaired) electrons. The van der Waals surface area contributed by atoms with Gasteiger partial charge in [-0.1, -0.05) is 18.2 Å². The molecular formula is C24H23FN4O2. The van der Waals surface area contributed by atoms with Crippen LogP contribution in [-0.4, -0.2) is 29.9 Å². The Hall–Kier alpha value is -3.74. The molecule has 31 heavy (non-hydrogen) atoms. The van der Waals surface area contributed by atoms with Crippen LogP contribution >= 0.6 is 0 Å². The Morgan fingerprint density at radius 1 is 0.968 bits per heavy atom. The third-order valence-corrected chi connectivity index (χ3v) is 5.24. The number of rotatable bonds is 6. The summed E-state index contributed by atoms with van der Waals surface area (Å²) in [5.41, 5.74) is 2.57. The van der Waals surface area contributed by atoms with Crippen molar-refractivity contribution in [1.29, 1.82) is 0 Å². The Kier molecular flexibility index (Phi) is 6.21. The molecule has 1 aliphatic rings. The van der Waals surface area contributed by atoms with Gasteiger partial charge in [-0.05, 0) is 54.8 Å². The molecule has 158 valence electrons. The molecule has 2 amide bonds. The molecule has 2 heterocycles. The van der Waals surface area contributed by atoms with Crippen molar-refractivity contribution in [3.05, 3.63) is 89.5 Å². The fourth-order valence-corrected chi connectivity index (χ4v) is 3.65. The highest BCUT2D eigenvalue weighted by molar-refractivity contribution is 6.06. The van der Waals surface area contributed by atoms with Crippen LogP contribution in [0.25, 0.3) is 0 Å². The molecule has 0 bridgehead atoms. The average molecular weight is 418 g/mol. The first kappa shape index (κ1) is 20.5. The number of carbonyl (C=O) groups excluding carboxylic acids is 2. The van der Waals surface area contributed by atoms with Gasteiger partial charge in [-0.25, -0.2) is 4.39 Å². The minimum Gasteiger partial charge on any atom is -0.371 e. The molecule has 7 heteroatoms. The number of nitrogens with zero attached hydrogens (tertiary/aromatic N) is 2. The first-order valence-electron chi connectivity index (χ1n) is 10.2. The lowest BCUT2D eigenvalue weighted by molar-refractivity contribution is 0.0950. The number of carbonyl (C=O) groups is 2. The number of hydrogen-bond acceptors (Lipinski definition) is 4. The van der Waals surface area contributed by atoms with Crippen LogP contribution in [0.5, 0.6) is 0 Å². The van der Waals surface area contributed by atoms with E-state index in [0.29, 0.717) is 17.8 Å². The number of aromatic nitrogens is 1. The maximum absolute atomic E-state index is 13.9. The van der Waals surface area contributed by atoms with E-state index >= 15 is 0 Å². The average Bonchev–Trinajstić information content (AvgIpc) is 3.33. The third-order valence-electron chi connectivity index (χ3n) is 5.24. The highest BCUT2D eigenvalue weighted by Gasteiger charge is 2.21. The minimum absolute atomic E-state index is 0.0475. The van der Waals surface area contributed by atoms with Crippen LogP contribution in [-0.2, 0) is 6.54 Å². The zero-order chi connectivity index (χ0) is 21.6. The minimum atomic E-state index is -0.594. The predicted molar refractivity (Wildman–Crippen MR) is 118 cm³/mol. The molecule has 0 spiro atoms. The molecule has 1 saturated heterocycles. The van der Waals surface area contributed by atoms with Crippen LogP contribution < -0.4 is 15.5 Å². The van der Waals surface area contributed by atoms with Crippen LogP contribution in [0.15, 0.2) is 67.0 Å². The van der Waals surface area contributed by atoms with Crippen molar-refractivity contribution in [1.82, 2.24) is 10.3 Å². The van der Waals surface area contributed by atoms with E-state index in [0.717, 1.165) is 37.2 Å². The fraction of sp³-hybridized carbons (Fsp3) is 0.208. The normalized spacial score (nSPS) is 13.1. The van der Waals surface area contributed by atoms with Crippen molar-refractivity contribution in [2.24, 2.45) is 0 Å². The molecule has 0 saturated carbocycles. The Bertz CT molecular complexity index is 1080. The van der Waals surface area contributed by atoms with Crippen molar-refractivity contribution < 1.29 is 14.0 Å². The summed E-state index contributed by atoms with van der Waals surface area (Å²) < 4.78 is 13.9. The first-order valence-corrected chi connectivity index (χ1v) is 10.2. The molecular weight excluding hydrogens is 395 g/mol. The van der Waals surface area contributed by atoms with E-state index in [-0.39, 0.29) is 11.5 Å². The predicted octanol–water partition coefficient (Wildman–Crippen LogP) is 4.00. The lowest BCUT2D eigenvalue weighted by Crippen LogP contribution is -2.27. The summed E-state index contributed by atoms with van der Waals surface area (Å²) >= 11 is 0. The van der Waals surface area contributed by atoms with Gasteiger partial charge in [0.15, 0.2) is 0 Å². The number of nitrogens with one attached hydrogen (secondary N) is 2. The van der Waals surface area contributed by atoms with Gasteiger partial charge in [-0.15, -0.1) is 0 Å². The second-order valence-electron chi connectivity index (χ2n) is 7.40. The molecule has 1 aliphatic heterocycles.